The van der Waals surface area contributed by atoms with Crippen LogP contribution in [0, 0.1) is 0 Å². The molecule has 0 amide bonds. The van der Waals surface area contributed by atoms with Crippen molar-refractivity contribution in [3.63, 3.8) is 0 Å². The van der Waals surface area contributed by atoms with Crippen molar-refractivity contribution in [3.05, 3.63) is 33.8 Å². The Labute approximate surface area is 86.2 Å². The van der Waals surface area contributed by atoms with E-state index in [1.165, 1.54) is 30.4 Å². The van der Waals surface area contributed by atoms with Crippen LogP contribution < -0.4 is 0 Å². The molecule has 2 heteroatoms. The van der Waals surface area contributed by atoms with E-state index in [-0.39, 0.29) is 5.60 Å². The molecule has 0 radical (unpaired) electrons. The number of fused-ring (bicyclic) bond motifs is 2. The molecule has 1 aliphatic carbocycles. The van der Waals surface area contributed by atoms with E-state index < -0.39 is 0 Å². The standard InChI is InChI=1S/C11H11BrO/c12-9-2-3-10-8(6-9)7-13-11(10)4-1-5-11/h2-3,6H,1,4-5,7H2. The molecule has 3 rings (SSSR count). The summed E-state index contributed by atoms with van der Waals surface area (Å²) in [5, 5.41) is 0. The molecule has 1 nitrogen and oxygen atoms in total. The Morgan fingerprint density at radius 2 is 2.15 bits per heavy atom. The maximum absolute atomic E-state index is 5.88. The summed E-state index contributed by atoms with van der Waals surface area (Å²) in [6, 6.07) is 6.52. The summed E-state index contributed by atoms with van der Waals surface area (Å²) < 4.78 is 7.04. The maximum Gasteiger partial charge on any atom is 0.0939 e. The topological polar surface area (TPSA) is 9.23 Å². The summed E-state index contributed by atoms with van der Waals surface area (Å²) in [6.45, 7) is 0.800. The average molecular weight is 239 g/mol. The Morgan fingerprint density at radius 3 is 2.85 bits per heavy atom. The van der Waals surface area contributed by atoms with Gasteiger partial charge in [0.05, 0.1) is 12.2 Å². The monoisotopic (exact) mass is 238 g/mol. The SMILES string of the molecule is Brc1ccc2c(c1)COC21CCC1. The molecular formula is C11H11BrO. The first kappa shape index (κ1) is 8.01. The van der Waals surface area contributed by atoms with Crippen molar-refractivity contribution in [1.29, 1.82) is 0 Å². The highest BCUT2D eigenvalue weighted by Crippen LogP contribution is 2.50. The van der Waals surface area contributed by atoms with Crippen LogP contribution in [0.2, 0.25) is 0 Å². The summed E-state index contributed by atoms with van der Waals surface area (Å²) in [5.74, 6) is 0. The highest BCUT2D eigenvalue weighted by Gasteiger charge is 2.44. The van der Waals surface area contributed by atoms with Gasteiger partial charge >= 0.3 is 0 Å². The van der Waals surface area contributed by atoms with Gasteiger partial charge in [0, 0.05) is 4.47 Å². The van der Waals surface area contributed by atoms with Crippen molar-refractivity contribution in [2.45, 2.75) is 31.5 Å². The van der Waals surface area contributed by atoms with Crippen molar-refractivity contribution < 1.29 is 4.74 Å². The van der Waals surface area contributed by atoms with Gasteiger partial charge in [0.15, 0.2) is 0 Å². The van der Waals surface area contributed by atoms with Gasteiger partial charge in [0.25, 0.3) is 0 Å². The molecule has 1 fully saturated rings. The van der Waals surface area contributed by atoms with Crippen LogP contribution in [0.1, 0.15) is 30.4 Å². The zero-order valence-corrected chi connectivity index (χ0v) is 8.93. The Kier molecular flexibility index (Phi) is 1.59. The number of benzene rings is 1. The molecular weight excluding hydrogens is 228 g/mol. The van der Waals surface area contributed by atoms with Gasteiger partial charge in [-0.25, -0.2) is 0 Å². The lowest BCUT2D eigenvalue weighted by Crippen LogP contribution is -2.33. The van der Waals surface area contributed by atoms with Crippen molar-refractivity contribution >= 4 is 15.9 Å². The number of ether oxygens (including phenoxy) is 1. The fraction of sp³-hybridized carbons (Fsp3) is 0.455. The molecule has 1 saturated carbocycles. The van der Waals surface area contributed by atoms with Crippen molar-refractivity contribution in [1.82, 2.24) is 0 Å². The maximum atomic E-state index is 5.88. The van der Waals surface area contributed by atoms with E-state index in [0.717, 1.165) is 11.1 Å². The number of rotatable bonds is 0. The third-order valence-electron chi connectivity index (χ3n) is 3.22. The molecule has 0 atom stereocenters. The minimum Gasteiger partial charge on any atom is -0.366 e. The van der Waals surface area contributed by atoms with E-state index >= 15 is 0 Å². The average Bonchev–Trinajstić information content (AvgIpc) is 2.41. The van der Waals surface area contributed by atoms with Gasteiger partial charge < -0.3 is 4.74 Å². The van der Waals surface area contributed by atoms with Crippen LogP contribution in [-0.4, -0.2) is 0 Å². The quantitative estimate of drug-likeness (QED) is 0.674. The zero-order chi connectivity index (χ0) is 8.89. The largest absolute Gasteiger partial charge is 0.366 e. The van der Waals surface area contributed by atoms with Gasteiger partial charge in [-0.1, -0.05) is 22.0 Å². The molecule has 0 bridgehead atoms. The zero-order valence-electron chi connectivity index (χ0n) is 7.35. The predicted molar refractivity (Wildman–Crippen MR) is 54.5 cm³/mol. The van der Waals surface area contributed by atoms with Crippen LogP contribution >= 0.6 is 15.9 Å². The summed E-state index contributed by atoms with van der Waals surface area (Å²) >= 11 is 3.49. The van der Waals surface area contributed by atoms with E-state index in [4.69, 9.17) is 4.74 Å². The Hall–Kier alpha value is -0.340. The number of hydrogen-bond donors (Lipinski definition) is 0. The van der Waals surface area contributed by atoms with Gasteiger partial charge in [0.2, 0.25) is 0 Å². The second-order valence-electron chi connectivity index (χ2n) is 3.94. The Bertz CT molecular complexity index is 355. The van der Waals surface area contributed by atoms with E-state index in [0.29, 0.717) is 0 Å². The molecule has 0 N–H and O–H groups in total. The molecule has 68 valence electrons. The third kappa shape index (κ3) is 1.02. The van der Waals surface area contributed by atoms with Crippen molar-refractivity contribution in [2.75, 3.05) is 0 Å². The highest BCUT2D eigenvalue weighted by atomic mass is 79.9. The fourth-order valence-corrected chi connectivity index (χ4v) is 2.74. The minimum absolute atomic E-state index is 0.121. The molecule has 13 heavy (non-hydrogen) atoms. The first-order valence-corrected chi connectivity index (χ1v) is 5.52. The van der Waals surface area contributed by atoms with Crippen LogP contribution in [-0.2, 0) is 16.9 Å². The van der Waals surface area contributed by atoms with Gasteiger partial charge in [-0.15, -0.1) is 0 Å². The number of halogens is 1. The van der Waals surface area contributed by atoms with Crippen LogP contribution in [0.4, 0.5) is 0 Å². The predicted octanol–water partition coefficient (Wildman–Crippen LogP) is 3.36. The van der Waals surface area contributed by atoms with E-state index in [1.54, 1.807) is 0 Å². The lowest BCUT2D eigenvalue weighted by Gasteiger charge is -2.38. The molecule has 1 aromatic rings. The molecule has 1 heterocycles. The summed E-state index contributed by atoms with van der Waals surface area (Å²) in [7, 11) is 0. The van der Waals surface area contributed by atoms with Gasteiger partial charge in [-0.3, -0.25) is 0 Å². The van der Waals surface area contributed by atoms with Crippen molar-refractivity contribution in [2.24, 2.45) is 0 Å². The fourth-order valence-electron chi connectivity index (χ4n) is 2.33. The van der Waals surface area contributed by atoms with Crippen LogP contribution in [0.15, 0.2) is 22.7 Å². The molecule has 1 aromatic carbocycles. The minimum atomic E-state index is 0.121. The molecule has 1 aliphatic heterocycles. The van der Waals surface area contributed by atoms with Crippen LogP contribution in [0.25, 0.3) is 0 Å². The molecule has 0 unspecified atom stereocenters. The molecule has 2 aliphatic rings. The third-order valence-corrected chi connectivity index (χ3v) is 3.72. The van der Waals surface area contributed by atoms with E-state index in [2.05, 4.69) is 34.1 Å². The summed E-state index contributed by atoms with van der Waals surface area (Å²) in [5.41, 5.74) is 2.92. The van der Waals surface area contributed by atoms with Crippen LogP contribution in [0.5, 0.6) is 0 Å². The van der Waals surface area contributed by atoms with Gasteiger partial charge in [-0.05, 0) is 42.5 Å². The van der Waals surface area contributed by atoms with Gasteiger partial charge in [0.1, 0.15) is 0 Å². The summed E-state index contributed by atoms with van der Waals surface area (Å²) in [6.07, 6.45) is 3.73. The number of hydrogen-bond acceptors (Lipinski definition) is 1. The first-order chi connectivity index (χ1) is 6.30. The Morgan fingerprint density at radius 1 is 1.31 bits per heavy atom. The van der Waals surface area contributed by atoms with Crippen LogP contribution in [0.3, 0.4) is 0 Å². The normalized spacial score (nSPS) is 22.8. The van der Waals surface area contributed by atoms with Crippen molar-refractivity contribution in [3.8, 4) is 0 Å². The second-order valence-corrected chi connectivity index (χ2v) is 4.85. The smallest absolute Gasteiger partial charge is 0.0939 e. The van der Waals surface area contributed by atoms with E-state index in [1.807, 2.05) is 0 Å². The van der Waals surface area contributed by atoms with Gasteiger partial charge in [-0.2, -0.15) is 0 Å². The Balaban J connectivity index is 2.11. The molecule has 1 spiro atoms. The molecule has 0 saturated heterocycles. The van der Waals surface area contributed by atoms with E-state index in [9.17, 15) is 0 Å². The lowest BCUT2D eigenvalue weighted by atomic mass is 9.75. The highest BCUT2D eigenvalue weighted by molar-refractivity contribution is 9.10. The molecule has 0 aromatic heterocycles. The lowest BCUT2D eigenvalue weighted by molar-refractivity contribution is -0.0943. The second kappa shape index (κ2) is 2.58. The first-order valence-electron chi connectivity index (χ1n) is 4.73. The summed E-state index contributed by atoms with van der Waals surface area (Å²) in [4.78, 5) is 0.